The van der Waals surface area contributed by atoms with E-state index in [4.69, 9.17) is 0 Å². The maximum Gasteiger partial charge on any atom is 0.261 e. The van der Waals surface area contributed by atoms with E-state index in [0.717, 1.165) is 17.7 Å². The summed E-state index contributed by atoms with van der Waals surface area (Å²) < 4.78 is 53.2. The van der Waals surface area contributed by atoms with Crippen LogP contribution in [0.1, 0.15) is 28.9 Å². The van der Waals surface area contributed by atoms with E-state index >= 15 is 0 Å². The molecule has 2 N–H and O–H groups in total. The van der Waals surface area contributed by atoms with Crippen molar-refractivity contribution in [3.05, 3.63) is 89.8 Å². The molecule has 150 valence electrons. The predicted molar refractivity (Wildman–Crippen MR) is 104 cm³/mol. The summed E-state index contributed by atoms with van der Waals surface area (Å²) in [5, 5.41) is 2.82. The minimum absolute atomic E-state index is 0.173. The molecule has 0 bridgehead atoms. The maximum absolute atomic E-state index is 13.3. The molecule has 0 aliphatic rings. The molecule has 0 aliphatic heterocycles. The first-order valence-corrected chi connectivity index (χ1v) is 10.0. The standard InChI is InChI=1S/C20H17F2N3O3S/c1-13(15-3-2-10-23-12-15)24-20(26)14-4-6-16(7-5-14)25-29(27,28)17-8-9-18(21)19(22)11-17/h2-13,25H,1H3,(H,24,26). The number of carbonyl (C=O) groups excluding carboxylic acids is 1. The first kappa shape index (κ1) is 20.4. The van der Waals surface area contributed by atoms with Crippen LogP contribution in [0.25, 0.3) is 0 Å². The second-order valence-electron chi connectivity index (χ2n) is 6.24. The van der Waals surface area contributed by atoms with Crippen LogP contribution in [-0.2, 0) is 10.0 Å². The van der Waals surface area contributed by atoms with Gasteiger partial charge in [0.25, 0.3) is 15.9 Å². The number of aromatic nitrogens is 1. The Labute approximate surface area is 166 Å². The Kier molecular flexibility index (Phi) is 5.88. The van der Waals surface area contributed by atoms with Crippen molar-refractivity contribution in [2.24, 2.45) is 0 Å². The van der Waals surface area contributed by atoms with Gasteiger partial charge in [0.15, 0.2) is 11.6 Å². The molecule has 0 saturated heterocycles. The van der Waals surface area contributed by atoms with Crippen LogP contribution in [0.2, 0.25) is 0 Å². The van der Waals surface area contributed by atoms with E-state index in [1.165, 1.54) is 24.3 Å². The fraction of sp³-hybridized carbons (Fsp3) is 0.100. The third kappa shape index (κ3) is 4.94. The lowest BCUT2D eigenvalue weighted by molar-refractivity contribution is 0.0940. The van der Waals surface area contributed by atoms with Crippen molar-refractivity contribution in [2.45, 2.75) is 17.9 Å². The van der Waals surface area contributed by atoms with E-state index in [0.29, 0.717) is 11.6 Å². The smallest absolute Gasteiger partial charge is 0.261 e. The van der Waals surface area contributed by atoms with E-state index in [2.05, 4.69) is 15.0 Å². The lowest BCUT2D eigenvalue weighted by Crippen LogP contribution is -2.26. The first-order chi connectivity index (χ1) is 13.8. The number of nitrogens with zero attached hydrogens (tertiary/aromatic N) is 1. The molecule has 6 nitrogen and oxygen atoms in total. The Bertz CT molecular complexity index is 1120. The van der Waals surface area contributed by atoms with Crippen molar-refractivity contribution in [2.75, 3.05) is 4.72 Å². The summed E-state index contributed by atoms with van der Waals surface area (Å²) in [5.74, 6) is -2.74. The Morgan fingerprint density at radius 1 is 1.03 bits per heavy atom. The number of anilines is 1. The van der Waals surface area contributed by atoms with E-state index in [-0.39, 0.29) is 17.6 Å². The summed E-state index contributed by atoms with van der Waals surface area (Å²) in [7, 11) is -4.10. The molecule has 0 spiro atoms. The van der Waals surface area contributed by atoms with Gasteiger partial charge < -0.3 is 5.32 Å². The number of hydrogen-bond donors (Lipinski definition) is 2. The highest BCUT2D eigenvalue weighted by Crippen LogP contribution is 2.19. The molecular formula is C20H17F2N3O3S. The predicted octanol–water partition coefficient (Wildman–Crippen LogP) is 3.65. The summed E-state index contributed by atoms with van der Waals surface area (Å²) in [6.07, 6.45) is 3.29. The van der Waals surface area contributed by atoms with Crippen LogP contribution in [-0.4, -0.2) is 19.3 Å². The number of rotatable bonds is 6. The Morgan fingerprint density at radius 2 is 1.76 bits per heavy atom. The number of pyridine rings is 1. The summed E-state index contributed by atoms with van der Waals surface area (Å²) in [4.78, 5) is 16.0. The van der Waals surface area contributed by atoms with Gasteiger partial charge in [0.2, 0.25) is 0 Å². The summed E-state index contributed by atoms with van der Waals surface area (Å²) in [6, 6.07) is 11.4. The van der Waals surface area contributed by atoms with E-state index in [1.807, 2.05) is 13.0 Å². The molecule has 3 rings (SSSR count). The number of sulfonamides is 1. The number of amides is 1. The molecule has 0 aliphatic carbocycles. The molecule has 9 heteroatoms. The fourth-order valence-corrected chi connectivity index (χ4v) is 3.61. The molecule has 2 aromatic carbocycles. The quantitative estimate of drug-likeness (QED) is 0.641. The van der Waals surface area contributed by atoms with Crippen LogP contribution in [0.4, 0.5) is 14.5 Å². The molecule has 1 aromatic heterocycles. The second kappa shape index (κ2) is 8.36. The summed E-state index contributed by atoms with van der Waals surface area (Å²) in [6.45, 7) is 1.82. The number of hydrogen-bond acceptors (Lipinski definition) is 4. The van der Waals surface area contributed by atoms with Crippen LogP contribution in [0, 0.1) is 11.6 Å². The highest BCUT2D eigenvalue weighted by atomic mass is 32.2. The van der Waals surface area contributed by atoms with Gasteiger partial charge in [-0.25, -0.2) is 17.2 Å². The number of nitrogens with one attached hydrogen (secondary N) is 2. The van der Waals surface area contributed by atoms with Gasteiger partial charge in [-0.3, -0.25) is 14.5 Å². The molecule has 1 unspecified atom stereocenters. The van der Waals surface area contributed by atoms with E-state index in [9.17, 15) is 22.0 Å². The minimum Gasteiger partial charge on any atom is -0.345 e. The van der Waals surface area contributed by atoms with Crippen molar-refractivity contribution < 1.29 is 22.0 Å². The van der Waals surface area contributed by atoms with Crippen molar-refractivity contribution in [3.8, 4) is 0 Å². The lowest BCUT2D eigenvalue weighted by atomic mass is 10.1. The zero-order valence-electron chi connectivity index (χ0n) is 15.3. The normalized spacial score (nSPS) is 12.2. The van der Waals surface area contributed by atoms with Gasteiger partial charge in [0, 0.05) is 23.6 Å². The number of benzene rings is 2. The van der Waals surface area contributed by atoms with Gasteiger partial charge in [-0.15, -0.1) is 0 Å². The molecular weight excluding hydrogens is 400 g/mol. The monoisotopic (exact) mass is 417 g/mol. The molecule has 3 aromatic rings. The molecule has 0 saturated carbocycles. The zero-order chi connectivity index (χ0) is 21.0. The van der Waals surface area contributed by atoms with Crippen molar-refractivity contribution >= 4 is 21.6 Å². The van der Waals surface area contributed by atoms with Gasteiger partial charge >= 0.3 is 0 Å². The number of carbonyl (C=O) groups is 1. The molecule has 0 radical (unpaired) electrons. The Balaban J connectivity index is 1.69. The van der Waals surface area contributed by atoms with Crippen molar-refractivity contribution in [3.63, 3.8) is 0 Å². The van der Waals surface area contributed by atoms with Crippen LogP contribution in [0.3, 0.4) is 0 Å². The van der Waals surface area contributed by atoms with Crippen molar-refractivity contribution in [1.29, 1.82) is 0 Å². The summed E-state index contributed by atoms with van der Waals surface area (Å²) in [5.41, 5.74) is 1.35. The summed E-state index contributed by atoms with van der Waals surface area (Å²) >= 11 is 0. The first-order valence-electron chi connectivity index (χ1n) is 8.55. The molecule has 0 fully saturated rings. The van der Waals surface area contributed by atoms with Crippen LogP contribution in [0.15, 0.2) is 71.9 Å². The highest BCUT2D eigenvalue weighted by Gasteiger charge is 2.17. The molecule has 1 amide bonds. The van der Waals surface area contributed by atoms with Gasteiger partial charge in [-0.1, -0.05) is 6.07 Å². The largest absolute Gasteiger partial charge is 0.345 e. The van der Waals surface area contributed by atoms with Gasteiger partial charge in [0.1, 0.15) is 0 Å². The fourth-order valence-electron chi connectivity index (χ4n) is 2.54. The minimum atomic E-state index is -4.10. The third-order valence-electron chi connectivity index (χ3n) is 4.13. The third-order valence-corrected chi connectivity index (χ3v) is 5.51. The second-order valence-corrected chi connectivity index (χ2v) is 7.92. The van der Waals surface area contributed by atoms with E-state index in [1.54, 1.807) is 18.5 Å². The SMILES string of the molecule is CC(NC(=O)c1ccc(NS(=O)(=O)c2ccc(F)c(F)c2)cc1)c1cccnc1. The number of halogens is 2. The van der Waals surface area contributed by atoms with E-state index < -0.39 is 26.6 Å². The molecule has 29 heavy (non-hydrogen) atoms. The Hall–Kier alpha value is -3.33. The highest BCUT2D eigenvalue weighted by molar-refractivity contribution is 7.92. The average molecular weight is 417 g/mol. The topological polar surface area (TPSA) is 88.2 Å². The van der Waals surface area contributed by atoms with Gasteiger partial charge in [-0.05, 0) is 61.0 Å². The lowest BCUT2D eigenvalue weighted by Gasteiger charge is -2.14. The van der Waals surface area contributed by atoms with Crippen LogP contribution < -0.4 is 10.0 Å². The molecule has 1 heterocycles. The van der Waals surface area contributed by atoms with Crippen molar-refractivity contribution in [1.82, 2.24) is 10.3 Å². The van der Waals surface area contributed by atoms with Crippen LogP contribution in [0.5, 0.6) is 0 Å². The average Bonchev–Trinajstić information content (AvgIpc) is 2.70. The van der Waals surface area contributed by atoms with Gasteiger partial charge in [-0.2, -0.15) is 0 Å². The Morgan fingerprint density at radius 3 is 2.38 bits per heavy atom. The zero-order valence-corrected chi connectivity index (χ0v) is 16.1. The molecule has 1 atom stereocenters. The van der Waals surface area contributed by atoms with Crippen LogP contribution >= 0.6 is 0 Å². The van der Waals surface area contributed by atoms with Gasteiger partial charge in [0.05, 0.1) is 10.9 Å². The maximum atomic E-state index is 13.3.